The molecule has 0 aromatic heterocycles. The summed E-state index contributed by atoms with van der Waals surface area (Å²) in [6.45, 7) is 3.30. The molecule has 0 unspecified atom stereocenters. The number of esters is 1. The van der Waals surface area contributed by atoms with Gasteiger partial charge < -0.3 is 19.9 Å². The predicted molar refractivity (Wildman–Crippen MR) is 68.8 cm³/mol. The molecule has 1 aromatic carbocycles. The number of nitrogens with two attached hydrogens (primary N) is 1. The van der Waals surface area contributed by atoms with Crippen molar-refractivity contribution in [1.82, 2.24) is 0 Å². The number of anilines is 1. The minimum Gasteiger partial charge on any atom is -0.496 e. The van der Waals surface area contributed by atoms with Gasteiger partial charge in [0.15, 0.2) is 0 Å². The van der Waals surface area contributed by atoms with E-state index in [2.05, 4.69) is 0 Å². The van der Waals surface area contributed by atoms with E-state index in [-0.39, 0.29) is 6.61 Å². The van der Waals surface area contributed by atoms with E-state index in [1.54, 1.807) is 12.1 Å². The van der Waals surface area contributed by atoms with Crippen molar-refractivity contribution in [3.8, 4) is 5.75 Å². The average molecular weight is 253 g/mol. The monoisotopic (exact) mass is 253 g/mol. The molecule has 0 radical (unpaired) electrons. The third-order valence-electron chi connectivity index (χ3n) is 2.25. The summed E-state index contributed by atoms with van der Waals surface area (Å²) >= 11 is 0. The lowest BCUT2D eigenvalue weighted by atomic mass is 10.2. The molecular formula is C13H19NO4. The van der Waals surface area contributed by atoms with Crippen molar-refractivity contribution in [2.24, 2.45) is 0 Å². The van der Waals surface area contributed by atoms with E-state index in [0.29, 0.717) is 30.2 Å². The van der Waals surface area contributed by atoms with E-state index in [0.717, 1.165) is 6.42 Å². The molecule has 0 aliphatic rings. The van der Waals surface area contributed by atoms with Crippen LogP contribution < -0.4 is 10.5 Å². The van der Waals surface area contributed by atoms with Crippen LogP contribution in [0.4, 0.5) is 5.69 Å². The Kier molecular flexibility index (Phi) is 6.00. The minimum atomic E-state index is -0.459. The molecule has 1 rings (SSSR count). The fourth-order valence-corrected chi connectivity index (χ4v) is 1.40. The van der Waals surface area contributed by atoms with E-state index in [9.17, 15) is 4.79 Å². The summed E-state index contributed by atoms with van der Waals surface area (Å²) in [5, 5.41) is 0. The van der Waals surface area contributed by atoms with Gasteiger partial charge in [0.05, 0.1) is 13.7 Å². The van der Waals surface area contributed by atoms with Crippen LogP contribution in [0.3, 0.4) is 0 Å². The van der Waals surface area contributed by atoms with Crippen LogP contribution >= 0.6 is 0 Å². The van der Waals surface area contributed by atoms with Gasteiger partial charge in [0.2, 0.25) is 0 Å². The van der Waals surface area contributed by atoms with Gasteiger partial charge in [0.1, 0.15) is 17.9 Å². The second kappa shape index (κ2) is 7.55. The van der Waals surface area contributed by atoms with E-state index < -0.39 is 5.97 Å². The SMILES string of the molecule is CCCOCCOC(=O)c1cc(N)ccc1OC. The highest BCUT2D eigenvalue weighted by Gasteiger charge is 2.13. The Morgan fingerprint density at radius 3 is 2.72 bits per heavy atom. The quantitative estimate of drug-likeness (QED) is 0.456. The van der Waals surface area contributed by atoms with Gasteiger partial charge in [0, 0.05) is 12.3 Å². The number of carbonyl (C=O) groups excluding carboxylic acids is 1. The summed E-state index contributed by atoms with van der Waals surface area (Å²) in [7, 11) is 1.49. The summed E-state index contributed by atoms with van der Waals surface area (Å²) < 4.78 is 15.4. The first kappa shape index (κ1) is 14.3. The molecule has 0 amide bonds. The normalized spacial score (nSPS) is 10.1. The Morgan fingerprint density at radius 1 is 1.28 bits per heavy atom. The average Bonchev–Trinajstić information content (AvgIpc) is 2.38. The van der Waals surface area contributed by atoms with Crippen LogP contribution in [0.1, 0.15) is 23.7 Å². The molecule has 0 saturated carbocycles. The molecule has 5 nitrogen and oxygen atoms in total. The third-order valence-corrected chi connectivity index (χ3v) is 2.25. The maximum absolute atomic E-state index is 11.8. The zero-order valence-corrected chi connectivity index (χ0v) is 10.8. The number of benzene rings is 1. The zero-order chi connectivity index (χ0) is 13.4. The van der Waals surface area contributed by atoms with Gasteiger partial charge in [-0.3, -0.25) is 0 Å². The van der Waals surface area contributed by atoms with Crippen molar-refractivity contribution in [3.63, 3.8) is 0 Å². The minimum absolute atomic E-state index is 0.219. The zero-order valence-electron chi connectivity index (χ0n) is 10.8. The lowest BCUT2D eigenvalue weighted by Gasteiger charge is -2.09. The second-order valence-corrected chi connectivity index (χ2v) is 3.71. The number of rotatable bonds is 7. The topological polar surface area (TPSA) is 70.8 Å². The van der Waals surface area contributed by atoms with Crippen molar-refractivity contribution in [2.75, 3.05) is 32.7 Å². The highest BCUT2D eigenvalue weighted by molar-refractivity contribution is 5.93. The highest BCUT2D eigenvalue weighted by Crippen LogP contribution is 2.21. The van der Waals surface area contributed by atoms with Gasteiger partial charge in [0.25, 0.3) is 0 Å². The molecule has 0 aliphatic carbocycles. The molecular weight excluding hydrogens is 234 g/mol. The number of nitrogen functional groups attached to an aromatic ring is 1. The number of hydrogen-bond donors (Lipinski definition) is 1. The number of methoxy groups -OCH3 is 1. The van der Waals surface area contributed by atoms with Gasteiger partial charge in [-0.1, -0.05) is 6.92 Å². The van der Waals surface area contributed by atoms with E-state index in [1.807, 2.05) is 6.92 Å². The molecule has 18 heavy (non-hydrogen) atoms. The third kappa shape index (κ3) is 4.25. The van der Waals surface area contributed by atoms with E-state index in [4.69, 9.17) is 19.9 Å². The summed E-state index contributed by atoms with van der Waals surface area (Å²) in [6, 6.07) is 4.84. The highest BCUT2D eigenvalue weighted by atomic mass is 16.6. The Labute approximate surface area is 107 Å². The fourth-order valence-electron chi connectivity index (χ4n) is 1.40. The molecule has 0 bridgehead atoms. The first-order valence-electron chi connectivity index (χ1n) is 5.87. The van der Waals surface area contributed by atoms with E-state index in [1.165, 1.54) is 13.2 Å². The van der Waals surface area contributed by atoms with Gasteiger partial charge >= 0.3 is 5.97 Å². The van der Waals surface area contributed by atoms with Crippen molar-refractivity contribution >= 4 is 11.7 Å². The predicted octanol–water partition coefficient (Wildman–Crippen LogP) is 1.86. The Morgan fingerprint density at radius 2 is 2.06 bits per heavy atom. The molecule has 0 saturated heterocycles. The van der Waals surface area contributed by atoms with Crippen LogP contribution in [0, 0.1) is 0 Å². The van der Waals surface area contributed by atoms with Crippen molar-refractivity contribution in [3.05, 3.63) is 23.8 Å². The molecule has 0 atom stereocenters. The second-order valence-electron chi connectivity index (χ2n) is 3.71. The lowest BCUT2D eigenvalue weighted by Crippen LogP contribution is -2.12. The summed E-state index contributed by atoms with van der Waals surface area (Å²) in [5.74, 6) is -0.0112. The van der Waals surface area contributed by atoms with Crippen LogP contribution in [-0.2, 0) is 9.47 Å². The largest absolute Gasteiger partial charge is 0.496 e. The fraction of sp³-hybridized carbons (Fsp3) is 0.462. The van der Waals surface area contributed by atoms with Gasteiger partial charge in [-0.05, 0) is 24.6 Å². The molecule has 5 heteroatoms. The maximum Gasteiger partial charge on any atom is 0.342 e. The number of carbonyl (C=O) groups is 1. The maximum atomic E-state index is 11.8. The summed E-state index contributed by atoms with van der Waals surface area (Å²) in [4.78, 5) is 11.8. The van der Waals surface area contributed by atoms with Gasteiger partial charge in [-0.15, -0.1) is 0 Å². The molecule has 2 N–H and O–H groups in total. The number of ether oxygens (including phenoxy) is 3. The van der Waals surface area contributed by atoms with Crippen LogP contribution in [0.25, 0.3) is 0 Å². The molecule has 0 spiro atoms. The molecule has 0 fully saturated rings. The molecule has 0 aliphatic heterocycles. The van der Waals surface area contributed by atoms with Crippen molar-refractivity contribution in [2.45, 2.75) is 13.3 Å². The first-order valence-corrected chi connectivity index (χ1v) is 5.87. The lowest BCUT2D eigenvalue weighted by molar-refractivity contribution is 0.0316. The van der Waals surface area contributed by atoms with Crippen molar-refractivity contribution < 1.29 is 19.0 Å². The number of hydrogen-bond acceptors (Lipinski definition) is 5. The van der Waals surface area contributed by atoms with Crippen LogP contribution in [0.15, 0.2) is 18.2 Å². The first-order chi connectivity index (χ1) is 8.69. The Balaban J connectivity index is 2.52. The molecule has 0 heterocycles. The standard InChI is InChI=1S/C13H19NO4/c1-3-6-17-7-8-18-13(15)11-9-10(14)4-5-12(11)16-2/h4-5,9H,3,6-8,14H2,1-2H3. The Hall–Kier alpha value is -1.75. The summed E-state index contributed by atoms with van der Waals surface area (Å²) in [6.07, 6.45) is 0.941. The van der Waals surface area contributed by atoms with Crippen molar-refractivity contribution in [1.29, 1.82) is 0 Å². The van der Waals surface area contributed by atoms with Crippen LogP contribution in [0.5, 0.6) is 5.75 Å². The van der Waals surface area contributed by atoms with Crippen LogP contribution in [0.2, 0.25) is 0 Å². The smallest absolute Gasteiger partial charge is 0.342 e. The summed E-state index contributed by atoms with van der Waals surface area (Å²) in [5.41, 5.74) is 6.44. The molecule has 1 aromatic rings. The van der Waals surface area contributed by atoms with Gasteiger partial charge in [-0.2, -0.15) is 0 Å². The van der Waals surface area contributed by atoms with Gasteiger partial charge in [-0.25, -0.2) is 4.79 Å². The molecule has 100 valence electrons. The van der Waals surface area contributed by atoms with Crippen LogP contribution in [-0.4, -0.2) is 32.9 Å². The van der Waals surface area contributed by atoms with E-state index >= 15 is 0 Å². The Bertz CT molecular complexity index is 393.